The van der Waals surface area contributed by atoms with E-state index in [1.165, 1.54) is 89.9 Å². The molecule has 0 bridgehead atoms. The molecule has 0 aliphatic rings. The number of hydrogen-bond acceptors (Lipinski definition) is 6. The first-order chi connectivity index (χ1) is 34.0. The van der Waals surface area contributed by atoms with Crippen LogP contribution in [0.1, 0.15) is 252 Å². The van der Waals surface area contributed by atoms with Crippen LogP contribution in [0.15, 0.2) is 109 Å². The van der Waals surface area contributed by atoms with E-state index in [2.05, 4.69) is 130 Å². The van der Waals surface area contributed by atoms with Crippen LogP contribution in [-0.4, -0.2) is 37.2 Å². The molecule has 0 aromatic heterocycles. The van der Waals surface area contributed by atoms with E-state index in [0.29, 0.717) is 12.8 Å². The predicted octanol–water partition coefficient (Wildman–Crippen LogP) is 19.1. The fourth-order valence-electron chi connectivity index (χ4n) is 7.54. The van der Waals surface area contributed by atoms with Crippen molar-refractivity contribution >= 4 is 17.9 Å². The van der Waals surface area contributed by atoms with Crippen molar-refractivity contribution in [2.24, 2.45) is 0 Å². The molecule has 0 aromatic carbocycles. The maximum atomic E-state index is 12.8. The Balaban J connectivity index is 4.48. The first-order valence-corrected chi connectivity index (χ1v) is 28.4. The quantitative estimate of drug-likeness (QED) is 0.0262. The van der Waals surface area contributed by atoms with E-state index >= 15 is 0 Å². The van der Waals surface area contributed by atoms with Crippen LogP contribution >= 0.6 is 0 Å². The molecule has 0 heterocycles. The standard InChI is InChI=1S/C63H104O6/c1-4-7-10-13-16-19-22-25-28-30-31-33-35-38-41-44-47-50-53-56-62(65)68-59-60(58-67-61(64)55-52-49-46-43-40-37-34-27-24-21-18-15-12-9-6-3)69-63(66)57-54-51-48-45-42-39-36-32-29-26-23-20-17-14-11-8-5-2/h8-9,11-12,17-18,20-21,25-29,34,36,39-40,43,60H,4-7,10,13-16,19,22-24,30-33,35,37-38,41-42,44-59H2,1-3H3/b11-8-,12-9-,20-17-,21-18-,28-25-,29-26-,34-27-,39-36-,43-40-. The summed E-state index contributed by atoms with van der Waals surface area (Å²) in [6.45, 7) is 6.35. The minimum absolute atomic E-state index is 0.104. The molecule has 0 spiro atoms. The summed E-state index contributed by atoms with van der Waals surface area (Å²) in [5, 5.41) is 0. The van der Waals surface area contributed by atoms with Crippen molar-refractivity contribution in [3.05, 3.63) is 109 Å². The molecule has 0 aliphatic carbocycles. The molecule has 0 aliphatic heterocycles. The fraction of sp³-hybridized carbons (Fsp3) is 0.667. The van der Waals surface area contributed by atoms with Crippen molar-refractivity contribution in [3.8, 4) is 0 Å². The zero-order valence-electron chi connectivity index (χ0n) is 44.8. The number of allylic oxidation sites excluding steroid dienone is 18. The first-order valence-electron chi connectivity index (χ1n) is 28.4. The van der Waals surface area contributed by atoms with Gasteiger partial charge in [0.2, 0.25) is 0 Å². The summed E-state index contributed by atoms with van der Waals surface area (Å²) >= 11 is 0. The SMILES string of the molecule is CC/C=C\C/C=C\C/C=C\C/C=C\CCCCCCC(=O)OC(COC(=O)CCCC/C=C\C/C=C\C/C=C\C/C=C\CC)COC(=O)CCCCCCCCCCC/C=C\CCCCCCCC. The Morgan fingerprint density at radius 1 is 0.304 bits per heavy atom. The maximum Gasteiger partial charge on any atom is 0.306 e. The summed E-state index contributed by atoms with van der Waals surface area (Å²) in [4.78, 5) is 38.1. The molecular weight excluding hydrogens is 853 g/mol. The number of hydrogen-bond donors (Lipinski definition) is 0. The zero-order valence-corrected chi connectivity index (χ0v) is 44.8. The average Bonchev–Trinajstić information content (AvgIpc) is 3.35. The van der Waals surface area contributed by atoms with E-state index in [0.717, 1.165) is 122 Å². The summed E-state index contributed by atoms with van der Waals surface area (Å²) in [7, 11) is 0. The van der Waals surface area contributed by atoms with Crippen molar-refractivity contribution in [1.29, 1.82) is 0 Å². The van der Waals surface area contributed by atoms with Crippen LogP contribution in [0.2, 0.25) is 0 Å². The average molecular weight is 958 g/mol. The Hall–Kier alpha value is -3.93. The fourth-order valence-corrected chi connectivity index (χ4v) is 7.54. The van der Waals surface area contributed by atoms with E-state index < -0.39 is 6.10 Å². The number of ether oxygens (including phenoxy) is 3. The summed E-state index contributed by atoms with van der Waals surface area (Å²) in [6, 6.07) is 0. The number of carbonyl (C=O) groups is 3. The third kappa shape index (κ3) is 54.9. The molecular formula is C63H104O6. The van der Waals surface area contributed by atoms with Gasteiger partial charge in [-0.2, -0.15) is 0 Å². The van der Waals surface area contributed by atoms with Crippen LogP contribution < -0.4 is 0 Å². The number of rotatable bonds is 50. The van der Waals surface area contributed by atoms with Crippen molar-refractivity contribution in [2.75, 3.05) is 13.2 Å². The van der Waals surface area contributed by atoms with Gasteiger partial charge >= 0.3 is 17.9 Å². The predicted molar refractivity (Wildman–Crippen MR) is 297 cm³/mol. The second-order valence-corrected chi connectivity index (χ2v) is 18.4. The minimum Gasteiger partial charge on any atom is -0.462 e. The van der Waals surface area contributed by atoms with E-state index in [9.17, 15) is 14.4 Å². The molecule has 69 heavy (non-hydrogen) atoms. The van der Waals surface area contributed by atoms with Gasteiger partial charge in [0.25, 0.3) is 0 Å². The topological polar surface area (TPSA) is 78.9 Å². The zero-order chi connectivity index (χ0) is 50.0. The smallest absolute Gasteiger partial charge is 0.306 e. The van der Waals surface area contributed by atoms with Crippen molar-refractivity contribution in [3.63, 3.8) is 0 Å². The van der Waals surface area contributed by atoms with Gasteiger partial charge in [0.05, 0.1) is 0 Å². The summed E-state index contributed by atoms with van der Waals surface area (Å²) in [5.41, 5.74) is 0. The molecule has 0 aromatic rings. The highest BCUT2D eigenvalue weighted by Crippen LogP contribution is 2.14. The lowest BCUT2D eigenvalue weighted by molar-refractivity contribution is -0.167. The van der Waals surface area contributed by atoms with Crippen molar-refractivity contribution in [1.82, 2.24) is 0 Å². The van der Waals surface area contributed by atoms with E-state index in [-0.39, 0.29) is 37.5 Å². The highest BCUT2D eigenvalue weighted by atomic mass is 16.6. The van der Waals surface area contributed by atoms with Gasteiger partial charge in [-0.1, -0.05) is 220 Å². The number of unbranched alkanes of at least 4 members (excludes halogenated alkanes) is 21. The largest absolute Gasteiger partial charge is 0.462 e. The Labute approximate surface area is 425 Å². The normalized spacial score (nSPS) is 12.9. The van der Waals surface area contributed by atoms with Gasteiger partial charge < -0.3 is 14.2 Å². The lowest BCUT2D eigenvalue weighted by Crippen LogP contribution is -2.30. The van der Waals surface area contributed by atoms with Crippen LogP contribution in [0.4, 0.5) is 0 Å². The van der Waals surface area contributed by atoms with E-state index in [1.54, 1.807) is 0 Å². The molecule has 0 radical (unpaired) electrons. The van der Waals surface area contributed by atoms with Gasteiger partial charge in [-0.25, -0.2) is 0 Å². The van der Waals surface area contributed by atoms with Crippen molar-refractivity contribution in [2.45, 2.75) is 258 Å². The Morgan fingerprint density at radius 3 is 0.928 bits per heavy atom. The van der Waals surface area contributed by atoms with Crippen LogP contribution in [0.3, 0.4) is 0 Å². The molecule has 0 fully saturated rings. The summed E-state index contributed by atoms with van der Waals surface area (Å²) in [5.74, 6) is -0.973. The van der Waals surface area contributed by atoms with Gasteiger partial charge in [-0.05, 0) is 122 Å². The molecule has 6 heteroatoms. The molecule has 1 atom stereocenters. The lowest BCUT2D eigenvalue weighted by atomic mass is 10.1. The van der Waals surface area contributed by atoms with Crippen LogP contribution in [0.5, 0.6) is 0 Å². The van der Waals surface area contributed by atoms with Gasteiger partial charge in [-0.15, -0.1) is 0 Å². The molecule has 0 rings (SSSR count). The lowest BCUT2D eigenvalue weighted by Gasteiger charge is -2.18. The first kappa shape index (κ1) is 65.1. The van der Waals surface area contributed by atoms with E-state index in [4.69, 9.17) is 14.2 Å². The Bertz CT molecular complexity index is 1420. The molecule has 392 valence electrons. The molecule has 0 amide bonds. The molecule has 1 unspecified atom stereocenters. The van der Waals surface area contributed by atoms with Crippen LogP contribution in [-0.2, 0) is 28.6 Å². The van der Waals surface area contributed by atoms with Gasteiger partial charge in [0.1, 0.15) is 13.2 Å². The van der Waals surface area contributed by atoms with Gasteiger partial charge in [0, 0.05) is 19.3 Å². The van der Waals surface area contributed by atoms with Gasteiger partial charge in [-0.3, -0.25) is 14.4 Å². The van der Waals surface area contributed by atoms with Crippen molar-refractivity contribution < 1.29 is 28.6 Å². The highest BCUT2D eigenvalue weighted by Gasteiger charge is 2.19. The molecule has 0 N–H and O–H groups in total. The third-order valence-electron chi connectivity index (χ3n) is 11.7. The second kappa shape index (κ2) is 56.7. The maximum absolute atomic E-state index is 12.8. The van der Waals surface area contributed by atoms with E-state index in [1.807, 2.05) is 0 Å². The summed E-state index contributed by atoms with van der Waals surface area (Å²) in [6.07, 6.45) is 76.5. The summed E-state index contributed by atoms with van der Waals surface area (Å²) < 4.78 is 16.8. The number of carbonyl (C=O) groups excluding carboxylic acids is 3. The van der Waals surface area contributed by atoms with Crippen LogP contribution in [0, 0.1) is 0 Å². The number of esters is 3. The molecule has 0 saturated heterocycles. The monoisotopic (exact) mass is 957 g/mol. The minimum atomic E-state index is -0.811. The molecule has 0 saturated carbocycles. The second-order valence-electron chi connectivity index (χ2n) is 18.4. The Kier molecular flexibility index (Phi) is 53.4. The third-order valence-corrected chi connectivity index (χ3v) is 11.7. The Morgan fingerprint density at radius 2 is 0.565 bits per heavy atom. The highest BCUT2D eigenvalue weighted by molar-refractivity contribution is 5.71. The van der Waals surface area contributed by atoms with Crippen LogP contribution in [0.25, 0.3) is 0 Å². The molecule has 6 nitrogen and oxygen atoms in total. The van der Waals surface area contributed by atoms with Gasteiger partial charge in [0.15, 0.2) is 6.10 Å².